The Morgan fingerprint density at radius 3 is 2.67 bits per heavy atom. The first-order valence-corrected chi connectivity index (χ1v) is 5.34. The summed E-state index contributed by atoms with van der Waals surface area (Å²) >= 11 is 11.5. The van der Waals surface area contributed by atoms with Gasteiger partial charge in [-0.15, -0.1) is 0 Å². The van der Waals surface area contributed by atoms with Gasteiger partial charge in [0, 0.05) is 25.8 Å². The molecule has 0 aromatic carbocycles. The smallest absolute Gasteiger partial charge is 0.225 e. The standard InChI is InChI=1S/C9H13Cl2N3O/c1-6(3-4-15)14(2)8-5-7(10)12-9(11)13-8/h5-6,15H,3-4H2,1-2H3/t6-/m1/s1. The van der Waals surface area contributed by atoms with Crippen molar-refractivity contribution >= 4 is 29.0 Å². The first kappa shape index (κ1) is 12.5. The van der Waals surface area contributed by atoms with Gasteiger partial charge in [-0.1, -0.05) is 11.6 Å². The third-order valence-corrected chi connectivity index (χ3v) is 2.59. The van der Waals surface area contributed by atoms with E-state index >= 15 is 0 Å². The van der Waals surface area contributed by atoms with Crippen LogP contribution in [0.15, 0.2) is 6.07 Å². The van der Waals surface area contributed by atoms with Gasteiger partial charge in [0.2, 0.25) is 5.28 Å². The fraction of sp³-hybridized carbons (Fsp3) is 0.556. The number of hydrogen-bond acceptors (Lipinski definition) is 4. The van der Waals surface area contributed by atoms with Gasteiger partial charge in [0.1, 0.15) is 11.0 Å². The summed E-state index contributed by atoms with van der Waals surface area (Å²) in [5.41, 5.74) is 0. The lowest BCUT2D eigenvalue weighted by Crippen LogP contribution is -2.30. The molecule has 1 rings (SSSR count). The lowest BCUT2D eigenvalue weighted by atomic mass is 10.2. The molecule has 1 heterocycles. The predicted octanol–water partition coefficient (Wildman–Crippen LogP) is 1.99. The van der Waals surface area contributed by atoms with E-state index < -0.39 is 0 Å². The van der Waals surface area contributed by atoms with E-state index in [2.05, 4.69) is 9.97 Å². The molecule has 6 heteroatoms. The SMILES string of the molecule is C[C@H](CCO)N(C)c1cc(Cl)nc(Cl)n1. The van der Waals surface area contributed by atoms with Crippen LogP contribution in [0.5, 0.6) is 0 Å². The van der Waals surface area contributed by atoms with Gasteiger partial charge in [0.15, 0.2) is 0 Å². The van der Waals surface area contributed by atoms with Crippen LogP contribution < -0.4 is 4.90 Å². The molecule has 0 radical (unpaired) electrons. The molecule has 0 aliphatic rings. The largest absolute Gasteiger partial charge is 0.396 e. The maximum atomic E-state index is 8.83. The van der Waals surface area contributed by atoms with Crippen molar-refractivity contribution in [2.45, 2.75) is 19.4 Å². The van der Waals surface area contributed by atoms with Crippen LogP contribution in [0.25, 0.3) is 0 Å². The topological polar surface area (TPSA) is 49.2 Å². The summed E-state index contributed by atoms with van der Waals surface area (Å²) in [5.74, 6) is 0.654. The summed E-state index contributed by atoms with van der Waals surface area (Å²) in [4.78, 5) is 9.72. The molecule has 0 aliphatic heterocycles. The number of hydrogen-bond donors (Lipinski definition) is 1. The third-order valence-electron chi connectivity index (χ3n) is 2.22. The molecule has 0 aliphatic carbocycles. The van der Waals surface area contributed by atoms with Crippen LogP contribution in [-0.2, 0) is 0 Å². The molecule has 1 aromatic rings. The molecule has 1 N–H and O–H groups in total. The van der Waals surface area contributed by atoms with Crippen LogP contribution in [0.4, 0.5) is 5.82 Å². The molecule has 0 amide bonds. The Balaban J connectivity index is 2.85. The van der Waals surface area contributed by atoms with Crippen molar-refractivity contribution in [3.63, 3.8) is 0 Å². The second-order valence-corrected chi connectivity index (χ2v) is 4.02. The lowest BCUT2D eigenvalue weighted by Gasteiger charge is -2.25. The van der Waals surface area contributed by atoms with Crippen molar-refractivity contribution < 1.29 is 5.11 Å². The Morgan fingerprint density at radius 2 is 2.13 bits per heavy atom. The van der Waals surface area contributed by atoms with Gasteiger partial charge in [-0.25, -0.2) is 9.97 Å². The molecular weight excluding hydrogens is 237 g/mol. The van der Waals surface area contributed by atoms with E-state index in [0.717, 1.165) is 0 Å². The second-order valence-electron chi connectivity index (χ2n) is 3.29. The minimum atomic E-state index is 0.126. The average molecular weight is 250 g/mol. The molecule has 0 saturated heterocycles. The van der Waals surface area contributed by atoms with Crippen LogP contribution in [0.3, 0.4) is 0 Å². The van der Waals surface area contributed by atoms with Gasteiger partial charge in [-0.3, -0.25) is 0 Å². The zero-order valence-corrected chi connectivity index (χ0v) is 10.1. The Labute approximate surface area is 98.9 Å². The zero-order valence-electron chi connectivity index (χ0n) is 8.61. The highest BCUT2D eigenvalue weighted by atomic mass is 35.5. The maximum absolute atomic E-state index is 8.83. The Morgan fingerprint density at radius 1 is 1.47 bits per heavy atom. The van der Waals surface area contributed by atoms with E-state index in [1.807, 2.05) is 18.9 Å². The fourth-order valence-corrected chi connectivity index (χ4v) is 1.56. The highest BCUT2D eigenvalue weighted by Gasteiger charge is 2.12. The van der Waals surface area contributed by atoms with Crippen molar-refractivity contribution in [1.29, 1.82) is 0 Å². The molecule has 0 bridgehead atoms. The Kier molecular flexibility index (Phi) is 4.57. The maximum Gasteiger partial charge on any atom is 0.225 e. The molecule has 1 atom stereocenters. The predicted molar refractivity (Wildman–Crippen MR) is 61.6 cm³/mol. The minimum absolute atomic E-state index is 0.126. The Hall–Kier alpha value is -0.580. The number of aromatic nitrogens is 2. The molecular formula is C9H13Cl2N3O. The monoisotopic (exact) mass is 249 g/mol. The van der Waals surface area contributed by atoms with Gasteiger partial charge in [-0.2, -0.15) is 0 Å². The molecule has 0 unspecified atom stereocenters. The van der Waals surface area contributed by atoms with Crippen LogP contribution in [-0.4, -0.2) is 34.8 Å². The van der Waals surface area contributed by atoms with Crippen molar-refractivity contribution in [1.82, 2.24) is 9.97 Å². The first-order valence-electron chi connectivity index (χ1n) is 4.58. The number of halogens is 2. The van der Waals surface area contributed by atoms with E-state index in [4.69, 9.17) is 28.3 Å². The van der Waals surface area contributed by atoms with Crippen LogP contribution in [0.2, 0.25) is 10.4 Å². The lowest BCUT2D eigenvalue weighted by molar-refractivity contribution is 0.277. The van der Waals surface area contributed by atoms with Crippen molar-refractivity contribution in [2.24, 2.45) is 0 Å². The number of aliphatic hydroxyl groups excluding tert-OH is 1. The van der Waals surface area contributed by atoms with E-state index in [1.54, 1.807) is 6.07 Å². The summed E-state index contributed by atoms with van der Waals surface area (Å²) in [7, 11) is 1.87. The zero-order chi connectivity index (χ0) is 11.4. The van der Waals surface area contributed by atoms with E-state index in [1.165, 1.54) is 0 Å². The van der Waals surface area contributed by atoms with Gasteiger partial charge in [-0.05, 0) is 24.9 Å². The number of aliphatic hydroxyl groups is 1. The fourth-order valence-electron chi connectivity index (χ4n) is 1.17. The Bertz CT molecular complexity index is 315. The summed E-state index contributed by atoms with van der Waals surface area (Å²) < 4.78 is 0. The summed E-state index contributed by atoms with van der Waals surface area (Å²) in [6.45, 7) is 2.12. The first-order chi connectivity index (χ1) is 7.04. The van der Waals surface area contributed by atoms with Gasteiger partial charge >= 0.3 is 0 Å². The van der Waals surface area contributed by atoms with Gasteiger partial charge in [0.25, 0.3) is 0 Å². The number of anilines is 1. The summed E-state index contributed by atoms with van der Waals surface area (Å²) in [6, 6.07) is 1.80. The highest BCUT2D eigenvalue weighted by Crippen LogP contribution is 2.19. The highest BCUT2D eigenvalue weighted by molar-refractivity contribution is 6.32. The van der Waals surface area contributed by atoms with Crippen LogP contribution in [0.1, 0.15) is 13.3 Å². The van der Waals surface area contributed by atoms with Gasteiger partial charge < -0.3 is 10.0 Å². The van der Waals surface area contributed by atoms with Crippen LogP contribution >= 0.6 is 23.2 Å². The van der Waals surface area contributed by atoms with Crippen molar-refractivity contribution in [2.75, 3.05) is 18.6 Å². The number of nitrogens with zero attached hydrogens (tertiary/aromatic N) is 3. The molecule has 15 heavy (non-hydrogen) atoms. The molecule has 4 nitrogen and oxygen atoms in total. The number of rotatable bonds is 4. The third kappa shape index (κ3) is 3.48. The van der Waals surface area contributed by atoms with Crippen LogP contribution in [0, 0.1) is 0 Å². The molecule has 0 fully saturated rings. The van der Waals surface area contributed by atoms with E-state index in [-0.39, 0.29) is 17.9 Å². The quantitative estimate of drug-likeness (QED) is 0.655. The minimum Gasteiger partial charge on any atom is -0.396 e. The molecule has 1 aromatic heterocycles. The van der Waals surface area contributed by atoms with Crippen molar-refractivity contribution in [3.8, 4) is 0 Å². The molecule has 84 valence electrons. The van der Waals surface area contributed by atoms with Gasteiger partial charge in [0.05, 0.1) is 0 Å². The van der Waals surface area contributed by atoms with Crippen molar-refractivity contribution in [3.05, 3.63) is 16.5 Å². The summed E-state index contributed by atoms with van der Waals surface area (Å²) in [6.07, 6.45) is 0.662. The van der Waals surface area contributed by atoms with E-state index in [0.29, 0.717) is 17.4 Å². The summed E-state index contributed by atoms with van der Waals surface area (Å²) in [5, 5.41) is 9.27. The molecule has 0 spiro atoms. The average Bonchev–Trinajstić information content (AvgIpc) is 2.15. The second kappa shape index (κ2) is 5.49. The molecule has 0 saturated carbocycles. The van der Waals surface area contributed by atoms with E-state index in [9.17, 15) is 0 Å². The normalized spacial score (nSPS) is 12.6.